The van der Waals surface area contributed by atoms with E-state index in [1.54, 1.807) is 0 Å². The highest BCUT2D eigenvalue weighted by Crippen LogP contribution is 2.22. The van der Waals surface area contributed by atoms with Crippen LogP contribution < -0.4 is 5.32 Å². The van der Waals surface area contributed by atoms with Crippen LogP contribution in [0.5, 0.6) is 0 Å². The molecule has 1 aromatic rings. The third-order valence-electron chi connectivity index (χ3n) is 3.65. The van der Waals surface area contributed by atoms with E-state index in [2.05, 4.69) is 15.2 Å². The summed E-state index contributed by atoms with van der Waals surface area (Å²) in [6.07, 6.45) is 0.971. The van der Waals surface area contributed by atoms with Crippen molar-refractivity contribution in [1.82, 2.24) is 4.90 Å². The smallest absolute Gasteiger partial charge is 0.274 e. The molecular weight excluding hydrogens is 254 g/mol. The highest BCUT2D eigenvalue weighted by atomic mass is 16.5. The lowest BCUT2D eigenvalue weighted by Gasteiger charge is -2.26. The van der Waals surface area contributed by atoms with Gasteiger partial charge in [0, 0.05) is 31.7 Å². The summed E-state index contributed by atoms with van der Waals surface area (Å²) in [6.45, 7) is 5.35. The molecular formula is C15H19N3O2. The molecule has 106 valence electrons. The predicted molar refractivity (Wildman–Crippen MR) is 78.4 cm³/mol. The van der Waals surface area contributed by atoms with Gasteiger partial charge in [0.1, 0.15) is 5.71 Å². The molecule has 0 aliphatic carbocycles. The molecule has 2 heterocycles. The summed E-state index contributed by atoms with van der Waals surface area (Å²) in [5.41, 5.74) is 2.36. The van der Waals surface area contributed by atoms with Crippen LogP contribution in [0.15, 0.2) is 29.3 Å². The summed E-state index contributed by atoms with van der Waals surface area (Å²) in [5.74, 6) is -0.0856. The van der Waals surface area contributed by atoms with Crippen molar-refractivity contribution in [2.75, 3.05) is 44.7 Å². The number of rotatable bonds is 4. The average Bonchev–Trinajstić information content (AvgIpc) is 2.80. The van der Waals surface area contributed by atoms with E-state index in [4.69, 9.17) is 4.74 Å². The maximum atomic E-state index is 11.9. The minimum absolute atomic E-state index is 0.0856. The zero-order chi connectivity index (χ0) is 13.8. The van der Waals surface area contributed by atoms with Crippen LogP contribution >= 0.6 is 0 Å². The van der Waals surface area contributed by atoms with Gasteiger partial charge in [0.05, 0.1) is 18.9 Å². The molecule has 5 nitrogen and oxygen atoms in total. The third kappa shape index (κ3) is 2.89. The van der Waals surface area contributed by atoms with Crippen LogP contribution in [0.25, 0.3) is 0 Å². The minimum atomic E-state index is -0.0856. The fourth-order valence-electron chi connectivity index (χ4n) is 2.57. The maximum Gasteiger partial charge on any atom is 0.274 e. The van der Waals surface area contributed by atoms with Gasteiger partial charge in [0.2, 0.25) is 0 Å². The second-order valence-corrected chi connectivity index (χ2v) is 5.04. The Morgan fingerprint density at radius 2 is 2.05 bits per heavy atom. The summed E-state index contributed by atoms with van der Waals surface area (Å²) in [7, 11) is 0. The molecule has 20 heavy (non-hydrogen) atoms. The number of para-hydroxylation sites is 1. The first-order valence-electron chi connectivity index (χ1n) is 7.10. The molecule has 0 spiro atoms. The molecule has 5 heteroatoms. The molecule has 1 saturated heterocycles. The van der Waals surface area contributed by atoms with Gasteiger partial charge in [-0.15, -0.1) is 0 Å². The van der Waals surface area contributed by atoms with E-state index < -0.39 is 0 Å². The zero-order valence-electron chi connectivity index (χ0n) is 11.5. The summed E-state index contributed by atoms with van der Waals surface area (Å²) in [4.78, 5) is 18.7. The highest BCUT2D eigenvalue weighted by Gasteiger charge is 2.24. The highest BCUT2D eigenvalue weighted by molar-refractivity contribution is 6.53. The molecule has 3 rings (SSSR count). The number of nitrogens with zero attached hydrogens (tertiary/aromatic N) is 2. The van der Waals surface area contributed by atoms with E-state index in [0.717, 1.165) is 50.5 Å². The number of morpholine rings is 1. The number of ether oxygens (including phenoxy) is 1. The summed E-state index contributed by atoms with van der Waals surface area (Å²) in [6, 6.07) is 7.69. The first-order chi connectivity index (χ1) is 9.84. The lowest BCUT2D eigenvalue weighted by molar-refractivity contribution is -0.110. The van der Waals surface area contributed by atoms with Gasteiger partial charge in [-0.1, -0.05) is 18.2 Å². The Labute approximate surface area is 118 Å². The first-order valence-corrected chi connectivity index (χ1v) is 7.10. The number of carbonyl (C=O) groups is 1. The van der Waals surface area contributed by atoms with Crippen LogP contribution in [0.4, 0.5) is 5.69 Å². The van der Waals surface area contributed by atoms with Crippen molar-refractivity contribution in [2.45, 2.75) is 6.42 Å². The van der Waals surface area contributed by atoms with Gasteiger partial charge in [0.15, 0.2) is 0 Å². The van der Waals surface area contributed by atoms with E-state index in [0.29, 0.717) is 12.3 Å². The van der Waals surface area contributed by atoms with Crippen LogP contribution in [0.3, 0.4) is 0 Å². The van der Waals surface area contributed by atoms with Crippen LogP contribution in [-0.2, 0) is 9.53 Å². The molecule has 2 aliphatic heterocycles. The van der Waals surface area contributed by atoms with Gasteiger partial charge in [-0.2, -0.15) is 0 Å². The molecule has 0 saturated carbocycles. The standard InChI is InChI=1S/C15H19N3O2/c19-15-14(12-4-1-2-5-13(12)17-15)16-6-3-7-18-8-10-20-11-9-18/h1-2,4-5H,3,6-11H2,(H,16,17,19). The van der Waals surface area contributed by atoms with Crippen molar-refractivity contribution in [1.29, 1.82) is 0 Å². The molecule has 0 radical (unpaired) electrons. The second kappa shape index (κ2) is 6.15. The molecule has 0 aromatic heterocycles. The number of nitrogens with one attached hydrogen (secondary N) is 1. The Morgan fingerprint density at radius 1 is 1.25 bits per heavy atom. The van der Waals surface area contributed by atoms with Crippen molar-refractivity contribution in [3.05, 3.63) is 29.8 Å². The van der Waals surface area contributed by atoms with Crippen molar-refractivity contribution in [3.63, 3.8) is 0 Å². The first kappa shape index (κ1) is 13.3. The Hall–Kier alpha value is -1.72. The van der Waals surface area contributed by atoms with Gasteiger partial charge in [-0.05, 0) is 12.5 Å². The van der Waals surface area contributed by atoms with Crippen molar-refractivity contribution >= 4 is 17.3 Å². The van der Waals surface area contributed by atoms with E-state index in [1.165, 1.54) is 0 Å². The molecule has 1 aromatic carbocycles. The number of carbonyl (C=O) groups excluding carboxylic acids is 1. The Kier molecular flexibility index (Phi) is 4.08. The summed E-state index contributed by atoms with van der Waals surface area (Å²) < 4.78 is 5.32. The largest absolute Gasteiger partial charge is 0.379 e. The van der Waals surface area contributed by atoms with Crippen LogP contribution in [0.2, 0.25) is 0 Å². The van der Waals surface area contributed by atoms with E-state index in [9.17, 15) is 4.79 Å². The summed E-state index contributed by atoms with van der Waals surface area (Å²) >= 11 is 0. The van der Waals surface area contributed by atoms with Gasteiger partial charge >= 0.3 is 0 Å². The molecule has 0 unspecified atom stereocenters. The number of hydrogen-bond acceptors (Lipinski definition) is 4. The fraction of sp³-hybridized carbons (Fsp3) is 0.467. The van der Waals surface area contributed by atoms with Gasteiger partial charge in [-0.3, -0.25) is 14.7 Å². The van der Waals surface area contributed by atoms with Crippen molar-refractivity contribution in [2.24, 2.45) is 4.99 Å². The SMILES string of the molecule is O=C1Nc2ccccc2C1=NCCCN1CCOCC1. The number of anilines is 1. The predicted octanol–water partition coefficient (Wildman–Crippen LogP) is 1.15. The van der Waals surface area contributed by atoms with Gasteiger partial charge < -0.3 is 10.1 Å². The Morgan fingerprint density at radius 3 is 2.90 bits per heavy atom. The van der Waals surface area contributed by atoms with Crippen molar-refractivity contribution in [3.8, 4) is 0 Å². The quantitative estimate of drug-likeness (QED) is 0.837. The number of amides is 1. The topological polar surface area (TPSA) is 53.9 Å². The normalized spacial score (nSPS) is 21.0. The summed E-state index contributed by atoms with van der Waals surface area (Å²) in [5, 5.41) is 2.84. The Bertz CT molecular complexity index is 522. The third-order valence-corrected chi connectivity index (χ3v) is 3.65. The fourth-order valence-corrected chi connectivity index (χ4v) is 2.57. The molecule has 2 aliphatic rings. The van der Waals surface area contributed by atoms with Gasteiger partial charge in [-0.25, -0.2) is 0 Å². The van der Waals surface area contributed by atoms with E-state index in [-0.39, 0.29) is 5.91 Å². The minimum Gasteiger partial charge on any atom is -0.379 e. The molecule has 1 amide bonds. The van der Waals surface area contributed by atoms with Crippen LogP contribution in [0.1, 0.15) is 12.0 Å². The van der Waals surface area contributed by atoms with Crippen LogP contribution in [-0.4, -0.2) is 55.9 Å². The Balaban J connectivity index is 1.55. The zero-order valence-corrected chi connectivity index (χ0v) is 11.5. The molecule has 1 fully saturated rings. The lowest BCUT2D eigenvalue weighted by Crippen LogP contribution is -2.37. The van der Waals surface area contributed by atoms with E-state index in [1.807, 2.05) is 24.3 Å². The molecule has 0 bridgehead atoms. The van der Waals surface area contributed by atoms with Crippen LogP contribution in [0, 0.1) is 0 Å². The monoisotopic (exact) mass is 273 g/mol. The number of benzene rings is 1. The van der Waals surface area contributed by atoms with E-state index >= 15 is 0 Å². The van der Waals surface area contributed by atoms with Gasteiger partial charge in [0.25, 0.3) is 5.91 Å². The number of aliphatic imine (C=N–C) groups is 1. The van der Waals surface area contributed by atoms with Crippen molar-refractivity contribution < 1.29 is 9.53 Å². The second-order valence-electron chi connectivity index (χ2n) is 5.04. The average molecular weight is 273 g/mol. The lowest BCUT2D eigenvalue weighted by atomic mass is 10.1. The number of fused-ring (bicyclic) bond motifs is 1. The number of hydrogen-bond donors (Lipinski definition) is 1. The maximum absolute atomic E-state index is 11.9. The molecule has 1 N–H and O–H groups in total. The molecule has 0 atom stereocenters.